The van der Waals surface area contributed by atoms with Gasteiger partial charge in [0.1, 0.15) is 0 Å². The van der Waals surface area contributed by atoms with Crippen LogP contribution in [0.5, 0.6) is 0 Å². The molecule has 0 aromatic heterocycles. The molecule has 4 saturated carbocycles. The molecule has 0 radical (unpaired) electrons. The summed E-state index contributed by atoms with van der Waals surface area (Å²) in [6.07, 6.45) is 9.44. The van der Waals surface area contributed by atoms with E-state index in [9.17, 15) is 4.79 Å². The van der Waals surface area contributed by atoms with Gasteiger partial charge in [-0.15, -0.1) is 0 Å². The molecule has 1 aromatic carbocycles. The summed E-state index contributed by atoms with van der Waals surface area (Å²) in [5.41, 5.74) is 0.827. The Bertz CT molecular complexity index is 574. The van der Waals surface area contributed by atoms with E-state index in [1.54, 1.807) is 0 Å². The summed E-state index contributed by atoms with van der Waals surface area (Å²) in [6.45, 7) is 0. The first-order valence-corrected chi connectivity index (χ1v) is 8.12. The lowest BCUT2D eigenvalue weighted by Crippen LogP contribution is -2.49. The fourth-order valence-corrected chi connectivity index (χ4v) is 5.12. The maximum Gasteiger partial charge on any atom is 0.195 e. The third kappa shape index (κ3) is 2.49. The van der Waals surface area contributed by atoms with Gasteiger partial charge in [-0.25, -0.2) is 4.99 Å². The van der Waals surface area contributed by atoms with E-state index >= 15 is 0 Å². The summed E-state index contributed by atoms with van der Waals surface area (Å²) in [4.78, 5) is 16.8. The number of hydrogen-bond donors (Lipinski definition) is 0. The van der Waals surface area contributed by atoms with E-state index in [2.05, 4.69) is 5.87 Å². The highest BCUT2D eigenvalue weighted by Gasteiger charge is 2.50. The summed E-state index contributed by atoms with van der Waals surface area (Å²) in [5.74, 6) is 5.64. The third-order valence-corrected chi connectivity index (χ3v) is 5.56. The zero-order valence-corrected chi connectivity index (χ0v) is 12.3. The van der Waals surface area contributed by atoms with Gasteiger partial charge in [-0.05, 0) is 62.1 Å². The summed E-state index contributed by atoms with van der Waals surface area (Å²) in [6, 6.07) is 9.37. The third-order valence-electron chi connectivity index (χ3n) is 5.56. The Morgan fingerprint density at radius 3 is 2.19 bits per heavy atom. The topological polar surface area (TPSA) is 29.4 Å². The minimum Gasteiger partial charge on any atom is -0.289 e. The van der Waals surface area contributed by atoms with Crippen LogP contribution in [0, 0.1) is 17.8 Å². The van der Waals surface area contributed by atoms with E-state index in [0.717, 1.165) is 17.8 Å². The van der Waals surface area contributed by atoms with Gasteiger partial charge < -0.3 is 0 Å². The lowest BCUT2D eigenvalue weighted by atomic mass is 9.53. The molecule has 5 rings (SSSR count). The van der Waals surface area contributed by atoms with E-state index < -0.39 is 0 Å². The van der Waals surface area contributed by atoms with Crippen molar-refractivity contribution >= 4 is 11.7 Å². The zero-order chi connectivity index (χ0) is 14.3. The number of nitrogens with zero attached hydrogens (tertiary/aromatic N) is 1. The smallest absolute Gasteiger partial charge is 0.195 e. The largest absolute Gasteiger partial charge is 0.289 e. The van der Waals surface area contributed by atoms with Gasteiger partial charge in [0.15, 0.2) is 5.78 Å². The molecule has 0 aliphatic heterocycles. The Balaban J connectivity index is 1.53. The molecule has 4 aliphatic rings. The average Bonchev–Trinajstić information content (AvgIpc) is 2.46. The van der Waals surface area contributed by atoms with Crippen molar-refractivity contribution in [2.24, 2.45) is 22.7 Å². The van der Waals surface area contributed by atoms with Gasteiger partial charge in [-0.1, -0.05) is 30.3 Å². The predicted octanol–water partition coefficient (Wildman–Crippen LogP) is 4.06. The second-order valence-corrected chi connectivity index (χ2v) is 7.26. The number of carbonyl (C=O) groups excluding carboxylic acids is 1. The Morgan fingerprint density at radius 2 is 1.62 bits per heavy atom. The summed E-state index contributed by atoms with van der Waals surface area (Å²) >= 11 is 0. The van der Waals surface area contributed by atoms with Crippen molar-refractivity contribution in [2.75, 3.05) is 0 Å². The molecule has 0 N–H and O–H groups in total. The highest BCUT2D eigenvalue weighted by atomic mass is 16.1. The van der Waals surface area contributed by atoms with Crippen LogP contribution in [0.25, 0.3) is 0 Å². The number of hydrogen-bond acceptors (Lipinski definition) is 2. The second kappa shape index (κ2) is 4.96. The molecule has 4 aliphatic carbocycles. The summed E-state index contributed by atoms with van der Waals surface area (Å²) in [7, 11) is 0. The Labute approximate surface area is 126 Å². The van der Waals surface area contributed by atoms with E-state index in [4.69, 9.17) is 4.99 Å². The first-order valence-electron chi connectivity index (χ1n) is 8.12. The fraction of sp³-hybridized carbons (Fsp3) is 0.526. The molecule has 4 fully saturated rings. The molecule has 0 unspecified atom stereocenters. The van der Waals surface area contributed by atoms with Crippen molar-refractivity contribution in [3.8, 4) is 0 Å². The van der Waals surface area contributed by atoms with E-state index in [0.29, 0.717) is 5.56 Å². The maximum atomic E-state index is 12.1. The van der Waals surface area contributed by atoms with Gasteiger partial charge in [0.2, 0.25) is 0 Å². The SMILES string of the molecule is O=C(C=C=NC12CC3CC(CC(C3)C1)C2)c1ccccc1. The van der Waals surface area contributed by atoms with Crippen molar-refractivity contribution in [1.29, 1.82) is 0 Å². The average molecular weight is 279 g/mol. The van der Waals surface area contributed by atoms with Crippen LogP contribution in [0.2, 0.25) is 0 Å². The highest BCUT2D eigenvalue weighted by Crippen LogP contribution is 2.57. The van der Waals surface area contributed by atoms with E-state index in [1.165, 1.54) is 44.6 Å². The van der Waals surface area contributed by atoms with Crippen LogP contribution in [0.1, 0.15) is 48.9 Å². The lowest BCUT2D eigenvalue weighted by Gasteiger charge is -2.54. The quantitative estimate of drug-likeness (QED) is 0.466. The molecular formula is C19H21NO. The van der Waals surface area contributed by atoms with Crippen LogP contribution in [0.15, 0.2) is 41.4 Å². The van der Waals surface area contributed by atoms with Crippen molar-refractivity contribution < 1.29 is 4.79 Å². The fourth-order valence-electron chi connectivity index (χ4n) is 5.12. The van der Waals surface area contributed by atoms with E-state index in [1.807, 2.05) is 30.3 Å². The number of carbonyl (C=O) groups is 1. The molecule has 2 heteroatoms. The van der Waals surface area contributed by atoms with Gasteiger partial charge in [-0.2, -0.15) is 0 Å². The molecule has 21 heavy (non-hydrogen) atoms. The van der Waals surface area contributed by atoms with Crippen LogP contribution < -0.4 is 0 Å². The van der Waals surface area contributed by atoms with Crippen LogP contribution in [0.4, 0.5) is 0 Å². The summed E-state index contributed by atoms with van der Waals surface area (Å²) in [5, 5.41) is 0. The molecule has 2 nitrogen and oxygen atoms in total. The van der Waals surface area contributed by atoms with Crippen LogP contribution in [-0.2, 0) is 0 Å². The monoisotopic (exact) mass is 279 g/mol. The lowest BCUT2D eigenvalue weighted by molar-refractivity contribution is 0.00204. The predicted molar refractivity (Wildman–Crippen MR) is 83.7 cm³/mol. The Kier molecular flexibility index (Phi) is 3.08. The van der Waals surface area contributed by atoms with Gasteiger partial charge in [0, 0.05) is 11.6 Å². The van der Waals surface area contributed by atoms with Gasteiger partial charge in [0.05, 0.1) is 5.54 Å². The molecule has 108 valence electrons. The molecule has 0 spiro atoms. The molecule has 0 saturated heterocycles. The number of benzene rings is 1. The minimum absolute atomic E-state index is 0.00378. The van der Waals surface area contributed by atoms with Crippen molar-refractivity contribution in [1.82, 2.24) is 0 Å². The first-order chi connectivity index (χ1) is 10.2. The second-order valence-electron chi connectivity index (χ2n) is 7.26. The number of allylic oxidation sites excluding steroid dienone is 1. The van der Waals surface area contributed by atoms with Gasteiger partial charge in [0.25, 0.3) is 0 Å². The molecule has 0 amide bonds. The molecule has 0 atom stereocenters. The van der Waals surface area contributed by atoms with Gasteiger partial charge in [-0.3, -0.25) is 4.79 Å². The molecule has 0 heterocycles. The number of rotatable bonds is 3. The first kappa shape index (κ1) is 13.0. The zero-order valence-electron chi connectivity index (χ0n) is 12.3. The summed E-state index contributed by atoms with van der Waals surface area (Å²) < 4.78 is 0. The molecule has 1 aromatic rings. The molecular weight excluding hydrogens is 258 g/mol. The highest BCUT2D eigenvalue weighted by molar-refractivity contribution is 6.08. The van der Waals surface area contributed by atoms with Crippen molar-refractivity contribution in [3.63, 3.8) is 0 Å². The number of aliphatic imine (C=N–C) groups is 1. The number of ketones is 1. The maximum absolute atomic E-state index is 12.1. The normalized spacial score (nSPS) is 36.1. The van der Waals surface area contributed by atoms with Crippen LogP contribution in [0.3, 0.4) is 0 Å². The van der Waals surface area contributed by atoms with Crippen LogP contribution in [-0.4, -0.2) is 17.2 Å². The Hall–Kier alpha value is -1.66. The standard InChI is InChI=1S/C19H21NO/c21-18(17-4-2-1-3-5-17)6-7-20-19-11-14-8-15(12-19)10-16(9-14)13-19/h1-6,14-16H,8-13H2. The van der Waals surface area contributed by atoms with Gasteiger partial charge >= 0.3 is 0 Å². The molecule has 4 bridgehead atoms. The van der Waals surface area contributed by atoms with E-state index in [-0.39, 0.29) is 11.3 Å². The Morgan fingerprint density at radius 1 is 1.05 bits per heavy atom. The van der Waals surface area contributed by atoms with Crippen molar-refractivity contribution in [2.45, 2.75) is 44.1 Å². The minimum atomic E-state index is 0.00378. The van der Waals surface area contributed by atoms with Crippen LogP contribution >= 0.6 is 0 Å². The van der Waals surface area contributed by atoms with Crippen molar-refractivity contribution in [3.05, 3.63) is 42.0 Å².